The van der Waals surface area contributed by atoms with Crippen LogP contribution in [0.1, 0.15) is 39.5 Å². The molecule has 0 aromatic carbocycles. The standard InChI is InChI=1S/C12H25N3.HI/c1-9(2)10-5-7-11(8-6-10)15-12(13-3)14-4;/h9-11H,5-8H2,1-4H3,(H2,13,14,15);1H. The molecule has 0 bridgehead atoms. The molecule has 0 aliphatic heterocycles. The molecule has 3 nitrogen and oxygen atoms in total. The molecule has 4 heteroatoms. The van der Waals surface area contributed by atoms with Gasteiger partial charge >= 0.3 is 0 Å². The summed E-state index contributed by atoms with van der Waals surface area (Å²) in [6.45, 7) is 4.68. The maximum atomic E-state index is 4.15. The molecule has 0 aromatic rings. The predicted octanol–water partition coefficient (Wildman–Crippen LogP) is 2.61. The van der Waals surface area contributed by atoms with Crippen LogP contribution >= 0.6 is 24.0 Å². The number of hydrogen-bond donors (Lipinski definition) is 2. The number of guanidine groups is 1. The Morgan fingerprint density at radius 1 is 1.19 bits per heavy atom. The molecule has 16 heavy (non-hydrogen) atoms. The molecule has 1 saturated carbocycles. The summed E-state index contributed by atoms with van der Waals surface area (Å²) in [5.41, 5.74) is 0. The van der Waals surface area contributed by atoms with E-state index < -0.39 is 0 Å². The van der Waals surface area contributed by atoms with Gasteiger partial charge in [0.25, 0.3) is 0 Å². The van der Waals surface area contributed by atoms with Gasteiger partial charge in [0.15, 0.2) is 5.96 Å². The van der Waals surface area contributed by atoms with Crippen LogP contribution in [0, 0.1) is 11.8 Å². The summed E-state index contributed by atoms with van der Waals surface area (Å²) in [5.74, 6) is 2.69. The third-order valence-corrected chi connectivity index (χ3v) is 3.52. The highest BCUT2D eigenvalue weighted by atomic mass is 127. The number of aliphatic imine (C=N–C) groups is 1. The van der Waals surface area contributed by atoms with E-state index in [1.54, 1.807) is 0 Å². The van der Waals surface area contributed by atoms with E-state index in [4.69, 9.17) is 0 Å². The predicted molar refractivity (Wildman–Crippen MR) is 81.6 cm³/mol. The fourth-order valence-corrected chi connectivity index (χ4v) is 2.37. The van der Waals surface area contributed by atoms with E-state index in [1.807, 2.05) is 14.1 Å². The Hall–Kier alpha value is 0. The minimum absolute atomic E-state index is 0. The number of nitrogens with one attached hydrogen (secondary N) is 2. The van der Waals surface area contributed by atoms with Crippen molar-refractivity contribution in [1.29, 1.82) is 0 Å². The highest BCUT2D eigenvalue weighted by Crippen LogP contribution is 2.29. The summed E-state index contributed by atoms with van der Waals surface area (Å²) < 4.78 is 0. The average Bonchev–Trinajstić information content (AvgIpc) is 2.26. The van der Waals surface area contributed by atoms with Gasteiger partial charge in [-0.15, -0.1) is 24.0 Å². The average molecular weight is 339 g/mol. The SMILES string of the molecule is CN=C(NC)NC1CCC(C(C)C)CC1.I. The van der Waals surface area contributed by atoms with Crippen LogP contribution in [0.15, 0.2) is 4.99 Å². The molecule has 1 aliphatic rings. The van der Waals surface area contributed by atoms with Crippen LogP contribution in [0.25, 0.3) is 0 Å². The van der Waals surface area contributed by atoms with E-state index in [9.17, 15) is 0 Å². The summed E-state index contributed by atoms with van der Waals surface area (Å²) in [6.07, 6.45) is 5.28. The summed E-state index contributed by atoms with van der Waals surface area (Å²) in [5, 5.41) is 6.53. The van der Waals surface area contributed by atoms with Crippen LogP contribution in [-0.4, -0.2) is 26.1 Å². The smallest absolute Gasteiger partial charge is 0.190 e. The van der Waals surface area contributed by atoms with E-state index >= 15 is 0 Å². The molecule has 0 spiro atoms. The van der Waals surface area contributed by atoms with Crippen molar-refractivity contribution < 1.29 is 0 Å². The maximum Gasteiger partial charge on any atom is 0.190 e. The molecule has 1 rings (SSSR count). The minimum Gasteiger partial charge on any atom is -0.359 e. The van der Waals surface area contributed by atoms with E-state index in [2.05, 4.69) is 29.5 Å². The van der Waals surface area contributed by atoms with Gasteiger partial charge in [-0.2, -0.15) is 0 Å². The zero-order valence-electron chi connectivity index (χ0n) is 10.9. The minimum atomic E-state index is 0. The van der Waals surface area contributed by atoms with Gasteiger partial charge in [0.2, 0.25) is 0 Å². The molecule has 1 fully saturated rings. The van der Waals surface area contributed by atoms with Crippen LogP contribution in [0.2, 0.25) is 0 Å². The van der Waals surface area contributed by atoms with Gasteiger partial charge < -0.3 is 10.6 Å². The van der Waals surface area contributed by atoms with Crippen LogP contribution in [-0.2, 0) is 0 Å². The first-order valence-corrected chi connectivity index (χ1v) is 6.08. The number of nitrogens with zero attached hydrogens (tertiary/aromatic N) is 1. The molecule has 0 aromatic heterocycles. The molecule has 0 heterocycles. The zero-order chi connectivity index (χ0) is 11.3. The molecule has 0 radical (unpaired) electrons. The lowest BCUT2D eigenvalue weighted by Gasteiger charge is -2.31. The highest BCUT2D eigenvalue weighted by molar-refractivity contribution is 14.0. The molecule has 2 N–H and O–H groups in total. The highest BCUT2D eigenvalue weighted by Gasteiger charge is 2.23. The van der Waals surface area contributed by atoms with Gasteiger partial charge in [-0.25, -0.2) is 0 Å². The number of halogens is 1. The topological polar surface area (TPSA) is 36.4 Å². The molecule has 0 saturated heterocycles. The van der Waals surface area contributed by atoms with E-state index in [0.717, 1.165) is 17.8 Å². The van der Waals surface area contributed by atoms with Gasteiger partial charge in [-0.3, -0.25) is 4.99 Å². The quantitative estimate of drug-likeness (QED) is 0.461. The van der Waals surface area contributed by atoms with Crippen LogP contribution in [0.4, 0.5) is 0 Å². The Bertz CT molecular complexity index is 208. The number of hydrogen-bond acceptors (Lipinski definition) is 1. The maximum absolute atomic E-state index is 4.15. The van der Waals surface area contributed by atoms with Crippen molar-refractivity contribution in [3.8, 4) is 0 Å². The first-order valence-electron chi connectivity index (χ1n) is 6.08. The van der Waals surface area contributed by atoms with Crippen LogP contribution in [0.3, 0.4) is 0 Å². The molecule has 1 aliphatic carbocycles. The van der Waals surface area contributed by atoms with Gasteiger partial charge in [0.1, 0.15) is 0 Å². The molecular weight excluding hydrogens is 313 g/mol. The van der Waals surface area contributed by atoms with Crippen molar-refractivity contribution in [3.05, 3.63) is 0 Å². The van der Waals surface area contributed by atoms with E-state index in [-0.39, 0.29) is 24.0 Å². The lowest BCUT2D eigenvalue weighted by molar-refractivity contribution is 0.250. The second kappa shape index (κ2) is 8.14. The molecular formula is C12H26IN3. The number of rotatable bonds is 2. The Balaban J connectivity index is 0.00000225. The van der Waals surface area contributed by atoms with Crippen molar-refractivity contribution in [3.63, 3.8) is 0 Å². The third-order valence-electron chi connectivity index (χ3n) is 3.52. The second-order valence-corrected chi connectivity index (χ2v) is 4.82. The van der Waals surface area contributed by atoms with Gasteiger partial charge in [0.05, 0.1) is 0 Å². The van der Waals surface area contributed by atoms with E-state index in [0.29, 0.717) is 6.04 Å². The first-order chi connectivity index (χ1) is 7.17. The van der Waals surface area contributed by atoms with Crippen LogP contribution < -0.4 is 10.6 Å². The summed E-state index contributed by atoms with van der Waals surface area (Å²) in [7, 11) is 3.73. The molecule has 96 valence electrons. The Labute approximate surface area is 117 Å². The fraction of sp³-hybridized carbons (Fsp3) is 0.917. The second-order valence-electron chi connectivity index (χ2n) is 4.82. The third kappa shape index (κ3) is 4.89. The molecule has 0 unspecified atom stereocenters. The largest absolute Gasteiger partial charge is 0.359 e. The van der Waals surface area contributed by atoms with E-state index in [1.165, 1.54) is 25.7 Å². The fourth-order valence-electron chi connectivity index (χ4n) is 2.37. The first kappa shape index (κ1) is 16.0. The van der Waals surface area contributed by atoms with Crippen molar-refractivity contribution in [2.45, 2.75) is 45.6 Å². The monoisotopic (exact) mass is 339 g/mol. The summed E-state index contributed by atoms with van der Waals surface area (Å²) >= 11 is 0. The van der Waals surface area contributed by atoms with Gasteiger partial charge in [-0.05, 0) is 37.5 Å². The Morgan fingerprint density at radius 3 is 2.12 bits per heavy atom. The molecule has 0 amide bonds. The Kier molecular flexibility index (Phi) is 8.14. The summed E-state index contributed by atoms with van der Waals surface area (Å²) in [4.78, 5) is 4.15. The lowest BCUT2D eigenvalue weighted by atomic mass is 9.80. The zero-order valence-corrected chi connectivity index (χ0v) is 13.2. The summed E-state index contributed by atoms with van der Waals surface area (Å²) in [6, 6.07) is 0.617. The van der Waals surface area contributed by atoms with Crippen molar-refractivity contribution in [1.82, 2.24) is 10.6 Å². The van der Waals surface area contributed by atoms with Crippen LogP contribution in [0.5, 0.6) is 0 Å². The lowest BCUT2D eigenvalue weighted by Crippen LogP contribution is -2.43. The normalized spacial score (nSPS) is 26.2. The van der Waals surface area contributed by atoms with Crippen molar-refractivity contribution in [2.24, 2.45) is 16.8 Å². The van der Waals surface area contributed by atoms with Gasteiger partial charge in [-0.1, -0.05) is 13.8 Å². The van der Waals surface area contributed by atoms with Crippen molar-refractivity contribution in [2.75, 3.05) is 14.1 Å². The van der Waals surface area contributed by atoms with Gasteiger partial charge in [0, 0.05) is 20.1 Å². The van der Waals surface area contributed by atoms with Crippen molar-refractivity contribution >= 4 is 29.9 Å². The molecule has 0 atom stereocenters. The Morgan fingerprint density at radius 2 is 1.75 bits per heavy atom.